The average molecular weight is 464 g/mol. The van der Waals surface area contributed by atoms with Crippen molar-refractivity contribution in [1.29, 1.82) is 0 Å². The summed E-state index contributed by atoms with van der Waals surface area (Å²) in [6, 6.07) is 15.5. The van der Waals surface area contributed by atoms with E-state index in [4.69, 9.17) is 9.73 Å². The molecule has 0 saturated carbocycles. The molecule has 34 heavy (non-hydrogen) atoms. The second-order valence-electron chi connectivity index (χ2n) is 8.80. The molecular formula is C27H33N3O4. The van der Waals surface area contributed by atoms with E-state index in [1.54, 1.807) is 4.90 Å². The second-order valence-corrected chi connectivity index (χ2v) is 8.80. The number of rotatable bonds is 8. The number of ether oxygens (including phenoxy) is 1. The molecule has 7 heteroatoms. The molecule has 0 radical (unpaired) electrons. The van der Waals surface area contributed by atoms with Crippen molar-refractivity contribution >= 4 is 29.0 Å². The Balaban J connectivity index is 1.90. The monoisotopic (exact) mass is 463 g/mol. The summed E-state index contributed by atoms with van der Waals surface area (Å²) in [5, 5.41) is 9.38. The molecule has 2 aromatic carbocycles. The smallest absolute Gasteiger partial charge is 0.305 e. The van der Waals surface area contributed by atoms with Gasteiger partial charge in [0.15, 0.2) is 0 Å². The number of morpholine rings is 1. The zero-order chi connectivity index (χ0) is 24.1. The van der Waals surface area contributed by atoms with Gasteiger partial charge in [0.2, 0.25) is 0 Å². The number of aliphatic imine (C=N–C) groups is 1. The first-order valence-corrected chi connectivity index (χ1v) is 12.2. The van der Waals surface area contributed by atoms with Gasteiger partial charge >= 0.3 is 5.97 Å². The van der Waals surface area contributed by atoms with Crippen molar-refractivity contribution in [2.75, 3.05) is 42.6 Å². The van der Waals surface area contributed by atoms with E-state index in [2.05, 4.69) is 24.8 Å². The summed E-state index contributed by atoms with van der Waals surface area (Å²) in [6.45, 7) is 7.23. The lowest BCUT2D eigenvalue weighted by Gasteiger charge is -2.31. The summed E-state index contributed by atoms with van der Waals surface area (Å²) in [6.07, 6.45) is 1.52. The minimum atomic E-state index is -0.924. The van der Waals surface area contributed by atoms with Crippen LogP contribution in [-0.2, 0) is 14.3 Å². The van der Waals surface area contributed by atoms with E-state index in [1.807, 2.05) is 42.5 Å². The molecule has 2 heterocycles. The molecule has 0 spiro atoms. The van der Waals surface area contributed by atoms with Crippen LogP contribution in [0, 0.1) is 5.92 Å². The number of carboxylic acids is 1. The van der Waals surface area contributed by atoms with Gasteiger partial charge in [0.1, 0.15) is 6.04 Å². The summed E-state index contributed by atoms with van der Waals surface area (Å²) in [5.41, 5.74) is 4.37. The highest BCUT2D eigenvalue weighted by Crippen LogP contribution is 2.35. The van der Waals surface area contributed by atoms with Gasteiger partial charge in [-0.15, -0.1) is 0 Å². The van der Waals surface area contributed by atoms with Crippen LogP contribution in [0.5, 0.6) is 0 Å². The van der Waals surface area contributed by atoms with Crippen LogP contribution in [0.15, 0.2) is 53.5 Å². The Morgan fingerprint density at radius 2 is 1.82 bits per heavy atom. The van der Waals surface area contributed by atoms with Gasteiger partial charge in [-0.05, 0) is 24.1 Å². The van der Waals surface area contributed by atoms with Gasteiger partial charge in [-0.1, -0.05) is 57.0 Å². The molecule has 7 nitrogen and oxygen atoms in total. The zero-order valence-electron chi connectivity index (χ0n) is 19.9. The number of fused-ring (bicyclic) bond motifs is 1. The largest absolute Gasteiger partial charge is 0.481 e. The summed E-state index contributed by atoms with van der Waals surface area (Å²) in [7, 11) is 0. The minimum absolute atomic E-state index is 0.0755. The van der Waals surface area contributed by atoms with Crippen molar-refractivity contribution in [2.45, 2.75) is 39.2 Å². The van der Waals surface area contributed by atoms with Gasteiger partial charge in [0.05, 0.1) is 31.0 Å². The molecule has 180 valence electrons. The number of carboxylic acid groups (broad SMARTS) is 1. The van der Waals surface area contributed by atoms with Crippen molar-refractivity contribution in [1.82, 2.24) is 0 Å². The Hall–Kier alpha value is -3.19. The second kappa shape index (κ2) is 10.8. The van der Waals surface area contributed by atoms with Gasteiger partial charge in [-0.25, -0.2) is 0 Å². The Bertz CT molecular complexity index is 1040. The number of hydrogen-bond acceptors (Lipinski definition) is 5. The normalized spacial score (nSPS) is 18.5. The summed E-state index contributed by atoms with van der Waals surface area (Å²) >= 11 is 0. The number of benzene rings is 2. The quantitative estimate of drug-likeness (QED) is 0.640. The zero-order valence-corrected chi connectivity index (χ0v) is 19.9. The standard InChI is InChI=1S/C27H33N3O4/c1-3-19(4-2)26-27(33)30(13-12-24(31)32)23-11-10-21(29-14-16-34-17-15-29)18-22(23)25(28-26)20-8-6-5-7-9-20/h5-11,18-19,26H,3-4,12-17H2,1-2H3,(H,31,32)/t26-/m0/s1. The third kappa shape index (κ3) is 4.99. The van der Waals surface area contributed by atoms with Crippen LogP contribution in [0.25, 0.3) is 0 Å². The number of carbonyl (C=O) groups excluding carboxylic acids is 1. The molecule has 1 atom stereocenters. The maximum Gasteiger partial charge on any atom is 0.305 e. The SMILES string of the molecule is CCC(CC)[C@@H]1N=C(c2ccccc2)c2cc(N3CCOCC3)ccc2N(CCC(=O)O)C1=O. The molecule has 4 rings (SSSR count). The van der Waals surface area contributed by atoms with Crippen LogP contribution in [0.3, 0.4) is 0 Å². The summed E-state index contributed by atoms with van der Waals surface area (Å²) < 4.78 is 5.52. The predicted octanol–water partition coefficient (Wildman–Crippen LogP) is 3.99. The molecule has 2 aromatic rings. The number of amides is 1. The van der Waals surface area contributed by atoms with Crippen molar-refractivity contribution in [3.05, 3.63) is 59.7 Å². The molecule has 2 aliphatic rings. The fourth-order valence-corrected chi connectivity index (χ4v) is 4.82. The fourth-order valence-electron chi connectivity index (χ4n) is 4.82. The van der Waals surface area contributed by atoms with Gasteiger partial charge in [0.25, 0.3) is 5.91 Å². The van der Waals surface area contributed by atoms with Crippen molar-refractivity contribution in [3.8, 4) is 0 Å². The first kappa shape index (κ1) is 24.0. The van der Waals surface area contributed by atoms with E-state index in [0.29, 0.717) is 13.2 Å². The van der Waals surface area contributed by atoms with E-state index >= 15 is 0 Å². The van der Waals surface area contributed by atoms with E-state index < -0.39 is 12.0 Å². The average Bonchev–Trinajstić information content (AvgIpc) is 2.99. The van der Waals surface area contributed by atoms with Crippen molar-refractivity contribution < 1.29 is 19.4 Å². The Morgan fingerprint density at radius 1 is 1.12 bits per heavy atom. The Kier molecular flexibility index (Phi) is 7.63. The molecular weight excluding hydrogens is 430 g/mol. The lowest BCUT2D eigenvalue weighted by molar-refractivity contribution is -0.136. The number of nitrogens with zero attached hydrogens (tertiary/aromatic N) is 3. The van der Waals surface area contributed by atoms with Crippen LogP contribution in [-0.4, -0.2) is 61.6 Å². The van der Waals surface area contributed by atoms with Gasteiger partial charge in [-0.2, -0.15) is 0 Å². The summed E-state index contributed by atoms with van der Waals surface area (Å²) in [4.78, 5) is 34.3. The molecule has 1 fully saturated rings. The van der Waals surface area contributed by atoms with Crippen LogP contribution in [0.2, 0.25) is 0 Å². The Morgan fingerprint density at radius 3 is 2.47 bits per heavy atom. The Labute approximate surface area is 201 Å². The molecule has 2 aliphatic heterocycles. The van der Waals surface area contributed by atoms with Crippen molar-refractivity contribution in [2.24, 2.45) is 10.9 Å². The first-order chi connectivity index (χ1) is 16.5. The fraction of sp³-hybridized carbons (Fsp3) is 0.444. The molecule has 1 saturated heterocycles. The van der Waals surface area contributed by atoms with Gasteiger partial charge in [-0.3, -0.25) is 14.6 Å². The topological polar surface area (TPSA) is 82.4 Å². The number of hydrogen-bond donors (Lipinski definition) is 1. The minimum Gasteiger partial charge on any atom is -0.481 e. The number of carbonyl (C=O) groups is 2. The molecule has 1 N–H and O–H groups in total. The maximum absolute atomic E-state index is 13.8. The number of anilines is 2. The first-order valence-electron chi connectivity index (χ1n) is 12.2. The van der Waals surface area contributed by atoms with Gasteiger partial charge in [0, 0.05) is 36.4 Å². The third-order valence-corrected chi connectivity index (χ3v) is 6.78. The number of benzodiazepines with no additional fused rings is 1. The van der Waals surface area contributed by atoms with Crippen molar-refractivity contribution in [3.63, 3.8) is 0 Å². The highest BCUT2D eigenvalue weighted by Gasteiger charge is 2.36. The molecule has 1 amide bonds. The predicted molar refractivity (Wildman–Crippen MR) is 134 cm³/mol. The highest BCUT2D eigenvalue weighted by atomic mass is 16.5. The van der Waals surface area contributed by atoms with Crippen LogP contribution < -0.4 is 9.80 Å². The lowest BCUT2D eigenvalue weighted by atomic mass is 9.93. The molecule has 0 aromatic heterocycles. The molecule has 0 unspecified atom stereocenters. The van der Waals surface area contributed by atoms with E-state index in [1.165, 1.54) is 0 Å². The lowest BCUT2D eigenvalue weighted by Crippen LogP contribution is -2.42. The maximum atomic E-state index is 13.8. The van der Waals surface area contributed by atoms with Crippen LogP contribution in [0.1, 0.15) is 44.2 Å². The molecule has 0 bridgehead atoms. The van der Waals surface area contributed by atoms with E-state index in [0.717, 1.165) is 54.1 Å². The number of aliphatic carboxylic acids is 1. The summed E-state index contributed by atoms with van der Waals surface area (Å²) in [5.74, 6) is -0.973. The van der Waals surface area contributed by atoms with Crippen LogP contribution >= 0.6 is 0 Å². The third-order valence-electron chi connectivity index (χ3n) is 6.78. The van der Waals surface area contributed by atoms with E-state index in [-0.39, 0.29) is 24.8 Å². The van der Waals surface area contributed by atoms with Gasteiger partial charge < -0.3 is 19.6 Å². The highest BCUT2D eigenvalue weighted by molar-refractivity contribution is 6.20. The van der Waals surface area contributed by atoms with E-state index in [9.17, 15) is 14.7 Å². The van der Waals surface area contributed by atoms with Crippen LogP contribution in [0.4, 0.5) is 11.4 Å². The molecule has 0 aliphatic carbocycles.